The van der Waals surface area contributed by atoms with E-state index >= 15 is 0 Å². The SMILES string of the molecule is CC1=CC(C2C3CC4CC(C3)CC2C4)C2NC(c3ccc(C#N)cc3)=CC(=O)N2N1. The molecule has 4 fully saturated rings. The minimum atomic E-state index is -0.0700. The minimum absolute atomic E-state index is 0.000578. The molecule has 1 amide bonds. The molecule has 5 heteroatoms. The van der Waals surface area contributed by atoms with E-state index in [1.54, 1.807) is 11.1 Å². The fourth-order valence-electron chi connectivity index (χ4n) is 7.40. The predicted octanol–water partition coefficient (Wildman–Crippen LogP) is 3.77. The second-order valence-corrected chi connectivity index (χ2v) is 10.1. The van der Waals surface area contributed by atoms with Gasteiger partial charge in [-0.1, -0.05) is 18.2 Å². The van der Waals surface area contributed by atoms with Crippen LogP contribution in [-0.4, -0.2) is 17.1 Å². The van der Waals surface area contributed by atoms with Crippen LogP contribution in [-0.2, 0) is 4.79 Å². The summed E-state index contributed by atoms with van der Waals surface area (Å²) in [6.45, 7) is 2.08. The molecular formula is C25H28N4O. The van der Waals surface area contributed by atoms with E-state index in [1.165, 1.54) is 32.1 Å². The second kappa shape index (κ2) is 6.63. The first-order valence-corrected chi connectivity index (χ1v) is 11.4. The number of hydrogen-bond donors (Lipinski definition) is 2. The molecule has 0 spiro atoms. The van der Waals surface area contributed by atoms with Crippen molar-refractivity contribution < 1.29 is 4.79 Å². The molecule has 1 aromatic rings. The van der Waals surface area contributed by atoms with Crippen LogP contribution in [0.1, 0.15) is 50.2 Å². The number of carbonyl (C=O) groups is 1. The third-order valence-electron chi connectivity index (χ3n) is 8.26. The van der Waals surface area contributed by atoms with Crippen molar-refractivity contribution in [3.63, 3.8) is 0 Å². The summed E-state index contributed by atoms with van der Waals surface area (Å²) in [6.07, 6.45) is 11.0. The maximum Gasteiger partial charge on any atom is 0.269 e. The van der Waals surface area contributed by atoms with Crippen LogP contribution in [0.2, 0.25) is 0 Å². The van der Waals surface area contributed by atoms with Gasteiger partial charge in [0.1, 0.15) is 6.17 Å². The molecule has 0 radical (unpaired) electrons. The van der Waals surface area contributed by atoms with Crippen molar-refractivity contribution >= 4 is 11.6 Å². The number of allylic oxidation sites excluding steroid dienone is 1. The number of nitriles is 1. The van der Waals surface area contributed by atoms with Gasteiger partial charge < -0.3 is 5.32 Å². The van der Waals surface area contributed by atoms with Crippen molar-refractivity contribution in [2.24, 2.45) is 35.5 Å². The summed E-state index contributed by atoms with van der Waals surface area (Å²) in [6, 6.07) is 9.64. The fraction of sp³-hybridized carbons (Fsp3) is 0.520. The highest BCUT2D eigenvalue weighted by atomic mass is 16.2. The van der Waals surface area contributed by atoms with Crippen LogP contribution in [0.5, 0.6) is 0 Å². The number of nitrogens with one attached hydrogen (secondary N) is 2. The van der Waals surface area contributed by atoms with Crippen molar-refractivity contribution in [1.29, 1.82) is 5.26 Å². The van der Waals surface area contributed by atoms with Crippen molar-refractivity contribution in [2.45, 2.75) is 45.2 Å². The van der Waals surface area contributed by atoms with Gasteiger partial charge in [-0.3, -0.25) is 10.2 Å². The summed E-state index contributed by atoms with van der Waals surface area (Å²) in [7, 11) is 0. The first-order valence-electron chi connectivity index (χ1n) is 11.4. The van der Waals surface area contributed by atoms with E-state index in [1.807, 2.05) is 24.3 Å². The average Bonchev–Trinajstić information content (AvgIpc) is 2.73. The molecule has 5 nitrogen and oxygen atoms in total. The highest BCUT2D eigenvalue weighted by Crippen LogP contribution is 2.59. The third-order valence-corrected chi connectivity index (χ3v) is 8.26. The number of hydrogen-bond acceptors (Lipinski definition) is 4. The van der Waals surface area contributed by atoms with Crippen molar-refractivity contribution in [2.75, 3.05) is 0 Å². The van der Waals surface area contributed by atoms with E-state index in [4.69, 9.17) is 5.26 Å². The molecule has 2 aliphatic heterocycles. The Bertz CT molecular complexity index is 957. The Hall–Kier alpha value is -2.74. The monoisotopic (exact) mass is 400 g/mol. The van der Waals surface area contributed by atoms with Crippen LogP contribution < -0.4 is 10.7 Å². The van der Waals surface area contributed by atoms with Gasteiger partial charge in [-0.15, -0.1) is 0 Å². The topological polar surface area (TPSA) is 68.2 Å². The van der Waals surface area contributed by atoms with Gasteiger partial charge in [0.25, 0.3) is 5.91 Å². The Morgan fingerprint density at radius 1 is 1.03 bits per heavy atom. The summed E-state index contributed by atoms with van der Waals surface area (Å²) in [4.78, 5) is 13.1. The average molecular weight is 401 g/mol. The highest BCUT2D eigenvalue weighted by Gasteiger charge is 2.53. The molecule has 2 atom stereocenters. The van der Waals surface area contributed by atoms with Gasteiger partial charge in [0.05, 0.1) is 11.6 Å². The van der Waals surface area contributed by atoms with Gasteiger partial charge in [0.15, 0.2) is 0 Å². The summed E-state index contributed by atoms with van der Waals surface area (Å²) in [5.41, 5.74) is 6.83. The molecule has 4 aliphatic carbocycles. The third kappa shape index (κ3) is 2.77. The predicted molar refractivity (Wildman–Crippen MR) is 114 cm³/mol. The minimum Gasteiger partial charge on any atom is -0.363 e. The quantitative estimate of drug-likeness (QED) is 0.793. The second-order valence-electron chi connectivity index (χ2n) is 10.1. The first-order chi connectivity index (χ1) is 14.6. The molecule has 2 unspecified atom stereocenters. The maximum absolute atomic E-state index is 13.1. The Kier molecular flexibility index (Phi) is 3.99. The lowest BCUT2D eigenvalue weighted by Gasteiger charge is -2.58. The molecule has 2 heterocycles. The van der Waals surface area contributed by atoms with Crippen LogP contribution >= 0.6 is 0 Å². The zero-order valence-corrected chi connectivity index (χ0v) is 17.3. The first kappa shape index (κ1) is 18.1. The number of rotatable bonds is 2. The fourth-order valence-corrected chi connectivity index (χ4v) is 7.40. The molecule has 6 aliphatic rings. The van der Waals surface area contributed by atoms with Gasteiger partial charge >= 0.3 is 0 Å². The van der Waals surface area contributed by atoms with Gasteiger partial charge in [-0.25, -0.2) is 5.01 Å². The van der Waals surface area contributed by atoms with Crippen LogP contribution in [0.4, 0.5) is 0 Å². The van der Waals surface area contributed by atoms with E-state index in [-0.39, 0.29) is 12.1 Å². The molecule has 1 aromatic carbocycles. The van der Waals surface area contributed by atoms with Gasteiger partial charge in [-0.05, 0) is 86.3 Å². The number of carbonyl (C=O) groups excluding carboxylic acids is 1. The number of amides is 1. The van der Waals surface area contributed by atoms with Crippen LogP contribution in [0, 0.1) is 46.8 Å². The summed E-state index contributed by atoms with van der Waals surface area (Å²) < 4.78 is 0. The van der Waals surface area contributed by atoms with E-state index in [9.17, 15) is 4.79 Å². The Morgan fingerprint density at radius 3 is 2.33 bits per heavy atom. The van der Waals surface area contributed by atoms with Crippen molar-refractivity contribution in [3.8, 4) is 6.07 Å². The Morgan fingerprint density at radius 2 is 1.70 bits per heavy atom. The maximum atomic E-state index is 13.1. The van der Waals surface area contributed by atoms with Crippen LogP contribution in [0.15, 0.2) is 42.1 Å². The molecular weight excluding hydrogens is 372 g/mol. The van der Waals surface area contributed by atoms with E-state index < -0.39 is 0 Å². The zero-order valence-electron chi connectivity index (χ0n) is 17.3. The summed E-state index contributed by atoms with van der Waals surface area (Å²) in [5, 5.41) is 14.6. The van der Waals surface area contributed by atoms with Crippen LogP contribution in [0.25, 0.3) is 5.70 Å². The molecule has 30 heavy (non-hydrogen) atoms. The zero-order chi connectivity index (χ0) is 20.4. The molecule has 0 aromatic heterocycles. The molecule has 7 rings (SSSR count). The number of nitrogens with zero attached hydrogens (tertiary/aromatic N) is 2. The lowest BCUT2D eigenvalue weighted by Crippen LogP contribution is -2.64. The number of fused-ring (bicyclic) bond motifs is 1. The standard InChI is InChI=1S/C25H28N4O/c1-14-6-21(24-19-8-16-7-17(10-19)11-20(24)9-16)25-27-22(12-23(30)29(25)28-14)18-4-2-15(13-26)3-5-18/h2-6,12,16-17,19-21,24-25,27-28H,7-11H2,1H3. The van der Waals surface area contributed by atoms with Gasteiger partial charge in [0.2, 0.25) is 0 Å². The molecule has 4 bridgehead atoms. The van der Waals surface area contributed by atoms with Crippen molar-refractivity contribution in [3.05, 3.63) is 53.2 Å². The number of hydrazine groups is 1. The number of benzene rings is 1. The van der Waals surface area contributed by atoms with E-state index in [0.717, 1.165) is 40.6 Å². The normalized spacial score (nSPS) is 38.7. The molecule has 154 valence electrons. The summed E-state index contributed by atoms with van der Waals surface area (Å²) >= 11 is 0. The Labute approximate surface area is 177 Å². The van der Waals surface area contributed by atoms with Crippen LogP contribution in [0.3, 0.4) is 0 Å². The lowest BCUT2D eigenvalue weighted by atomic mass is 9.49. The summed E-state index contributed by atoms with van der Waals surface area (Å²) in [5.74, 6) is 4.48. The van der Waals surface area contributed by atoms with Crippen molar-refractivity contribution in [1.82, 2.24) is 15.8 Å². The smallest absolute Gasteiger partial charge is 0.269 e. The largest absolute Gasteiger partial charge is 0.363 e. The van der Waals surface area contributed by atoms with Gasteiger partial charge in [-0.2, -0.15) is 5.26 Å². The molecule has 4 saturated carbocycles. The van der Waals surface area contributed by atoms with Gasteiger partial charge in [0, 0.05) is 23.4 Å². The van der Waals surface area contributed by atoms with E-state index in [2.05, 4.69) is 29.8 Å². The molecule has 2 N–H and O–H groups in total. The molecule has 0 saturated heterocycles. The lowest BCUT2D eigenvalue weighted by molar-refractivity contribution is -0.138. The van der Waals surface area contributed by atoms with E-state index in [0.29, 0.717) is 17.4 Å². The highest BCUT2D eigenvalue weighted by molar-refractivity contribution is 5.96. The Balaban J connectivity index is 1.33.